The Morgan fingerprint density at radius 1 is 1.37 bits per heavy atom. The summed E-state index contributed by atoms with van der Waals surface area (Å²) in [5.74, 6) is 0.935. The molecule has 2 atom stereocenters. The summed E-state index contributed by atoms with van der Waals surface area (Å²) >= 11 is 7.03. The minimum atomic E-state index is -4.59. The van der Waals surface area contributed by atoms with Crippen LogP contribution in [0.1, 0.15) is 47.6 Å². The molecule has 144 valence electrons. The maximum Gasteiger partial charge on any atom is 0.433 e. The lowest BCUT2D eigenvalue weighted by atomic mass is 10.2. The molecule has 0 aromatic carbocycles. The van der Waals surface area contributed by atoms with Crippen molar-refractivity contribution < 1.29 is 13.2 Å². The predicted molar refractivity (Wildman–Crippen MR) is 96.6 cm³/mol. The maximum absolute atomic E-state index is 13.1. The summed E-state index contributed by atoms with van der Waals surface area (Å²) in [6.45, 7) is 3.80. The molecule has 3 aromatic heterocycles. The van der Waals surface area contributed by atoms with Crippen molar-refractivity contribution >= 4 is 27.9 Å². The summed E-state index contributed by atoms with van der Waals surface area (Å²) in [7, 11) is 0. The number of aryl methyl sites for hydroxylation is 1. The van der Waals surface area contributed by atoms with Gasteiger partial charge in [0.2, 0.25) is 0 Å². The lowest BCUT2D eigenvalue weighted by Crippen LogP contribution is -2.20. The van der Waals surface area contributed by atoms with Gasteiger partial charge in [-0.15, -0.1) is 11.3 Å². The minimum absolute atomic E-state index is 0.223. The van der Waals surface area contributed by atoms with Crippen molar-refractivity contribution in [2.24, 2.45) is 5.92 Å². The van der Waals surface area contributed by atoms with Gasteiger partial charge in [-0.3, -0.25) is 13.9 Å². The molecule has 0 radical (unpaired) electrons. The fourth-order valence-electron chi connectivity index (χ4n) is 3.57. The molecular formula is C17H16ClF3N4OS. The van der Waals surface area contributed by atoms with Gasteiger partial charge in [0.05, 0.1) is 12.2 Å². The van der Waals surface area contributed by atoms with E-state index < -0.39 is 11.9 Å². The average molecular weight is 417 g/mol. The van der Waals surface area contributed by atoms with Gasteiger partial charge in [0.25, 0.3) is 5.56 Å². The molecule has 3 heterocycles. The van der Waals surface area contributed by atoms with E-state index in [0.717, 1.165) is 34.2 Å². The molecular weight excluding hydrogens is 401 g/mol. The van der Waals surface area contributed by atoms with Gasteiger partial charge in [0.15, 0.2) is 10.1 Å². The summed E-state index contributed by atoms with van der Waals surface area (Å²) in [6, 6.07) is 2.04. The van der Waals surface area contributed by atoms with Gasteiger partial charge in [-0.05, 0) is 19.3 Å². The predicted octanol–water partition coefficient (Wildman–Crippen LogP) is 4.49. The molecule has 0 amide bonds. The number of hydrogen-bond acceptors (Lipinski definition) is 4. The monoisotopic (exact) mass is 416 g/mol. The van der Waals surface area contributed by atoms with Gasteiger partial charge in [-0.2, -0.15) is 18.3 Å². The van der Waals surface area contributed by atoms with Crippen molar-refractivity contribution in [3.05, 3.63) is 49.6 Å². The zero-order valence-electron chi connectivity index (χ0n) is 14.5. The third-order valence-electron chi connectivity index (χ3n) is 4.94. The lowest BCUT2D eigenvalue weighted by molar-refractivity contribution is -0.144. The van der Waals surface area contributed by atoms with Crippen LogP contribution in [0.3, 0.4) is 0 Å². The standard InChI is InChI=1S/C17H16ClF3N4OS/c1-3-9-4-11(9)15-8(2)27-16-22-10(5-14(26)25(15)16)7-24-12(17(19,20)21)6-13(18)23-24/h5-6,9,11H,3-4,7H2,1-2H3. The summed E-state index contributed by atoms with van der Waals surface area (Å²) in [6.07, 6.45) is -2.48. The SMILES string of the molecule is CCC1CC1c1c(C)sc2nc(Cn3nc(Cl)cc3C(F)(F)F)cc(=O)n12. The molecule has 0 aliphatic heterocycles. The highest BCUT2D eigenvalue weighted by atomic mass is 35.5. The normalized spacial score (nSPS) is 19.8. The molecule has 2 unspecified atom stereocenters. The zero-order chi connectivity index (χ0) is 19.5. The molecule has 27 heavy (non-hydrogen) atoms. The molecule has 3 aromatic rings. The first-order valence-corrected chi connectivity index (χ1v) is 9.71. The lowest BCUT2D eigenvalue weighted by Gasteiger charge is -2.10. The molecule has 1 saturated carbocycles. The zero-order valence-corrected chi connectivity index (χ0v) is 16.1. The third-order valence-corrected chi connectivity index (χ3v) is 6.09. The number of halogens is 4. The van der Waals surface area contributed by atoms with Crippen molar-refractivity contribution in [3.63, 3.8) is 0 Å². The molecule has 1 fully saturated rings. The summed E-state index contributed by atoms with van der Waals surface area (Å²) in [5, 5.41) is 3.42. The van der Waals surface area contributed by atoms with Crippen LogP contribution in [0.25, 0.3) is 4.96 Å². The van der Waals surface area contributed by atoms with Crippen LogP contribution in [0.4, 0.5) is 13.2 Å². The van der Waals surface area contributed by atoms with E-state index in [0.29, 0.717) is 16.8 Å². The third kappa shape index (κ3) is 3.27. The van der Waals surface area contributed by atoms with Gasteiger partial charge < -0.3 is 0 Å². The van der Waals surface area contributed by atoms with Crippen molar-refractivity contribution in [3.8, 4) is 0 Å². The second-order valence-electron chi connectivity index (χ2n) is 6.77. The van der Waals surface area contributed by atoms with Gasteiger partial charge in [0.1, 0.15) is 5.69 Å². The van der Waals surface area contributed by atoms with E-state index in [1.54, 1.807) is 4.40 Å². The Morgan fingerprint density at radius 3 is 2.74 bits per heavy atom. The molecule has 0 saturated heterocycles. The smallest absolute Gasteiger partial charge is 0.269 e. The van der Waals surface area contributed by atoms with Gasteiger partial charge >= 0.3 is 6.18 Å². The van der Waals surface area contributed by atoms with Crippen molar-refractivity contribution in [2.75, 3.05) is 0 Å². The Kier molecular flexibility index (Phi) is 4.34. The minimum Gasteiger partial charge on any atom is -0.269 e. The number of thiazole rings is 1. The second kappa shape index (κ2) is 6.34. The van der Waals surface area contributed by atoms with Crippen LogP contribution in [-0.4, -0.2) is 19.2 Å². The molecule has 0 spiro atoms. The van der Waals surface area contributed by atoms with E-state index in [9.17, 15) is 18.0 Å². The van der Waals surface area contributed by atoms with Gasteiger partial charge in [0, 0.05) is 28.6 Å². The number of fused-ring (bicyclic) bond motifs is 1. The number of alkyl halides is 3. The number of hydrogen-bond donors (Lipinski definition) is 0. The van der Waals surface area contributed by atoms with Crippen molar-refractivity contribution in [2.45, 2.75) is 45.3 Å². The molecule has 5 nitrogen and oxygen atoms in total. The van der Waals surface area contributed by atoms with Crippen molar-refractivity contribution in [1.82, 2.24) is 19.2 Å². The van der Waals surface area contributed by atoms with Crippen LogP contribution in [0.2, 0.25) is 5.15 Å². The second-order valence-corrected chi connectivity index (χ2v) is 8.33. The topological polar surface area (TPSA) is 52.2 Å². The Hall–Kier alpha value is -1.87. The molecule has 1 aliphatic rings. The summed E-state index contributed by atoms with van der Waals surface area (Å²) in [4.78, 5) is 18.6. The Labute approximate surface area is 161 Å². The van der Waals surface area contributed by atoms with Gasteiger partial charge in [-0.25, -0.2) is 4.98 Å². The average Bonchev–Trinajstić information content (AvgIpc) is 3.12. The highest BCUT2D eigenvalue weighted by Crippen LogP contribution is 2.51. The molecule has 0 bridgehead atoms. The van der Waals surface area contributed by atoms with E-state index in [1.807, 2.05) is 6.92 Å². The summed E-state index contributed by atoms with van der Waals surface area (Å²) < 4.78 is 41.7. The quantitative estimate of drug-likeness (QED) is 0.629. The van der Waals surface area contributed by atoms with Crippen LogP contribution in [-0.2, 0) is 12.7 Å². The number of aromatic nitrogens is 4. The van der Waals surface area contributed by atoms with Crippen LogP contribution in [0, 0.1) is 12.8 Å². The van der Waals surface area contributed by atoms with Crippen molar-refractivity contribution in [1.29, 1.82) is 0 Å². The highest BCUT2D eigenvalue weighted by Gasteiger charge is 2.40. The Balaban J connectivity index is 1.75. The van der Waals surface area contributed by atoms with Crippen LogP contribution < -0.4 is 5.56 Å². The first kappa shape index (κ1) is 18.5. The van der Waals surface area contributed by atoms with E-state index in [-0.39, 0.29) is 23.0 Å². The Bertz CT molecular complexity index is 1080. The van der Waals surface area contributed by atoms with Gasteiger partial charge in [-0.1, -0.05) is 24.9 Å². The fourth-order valence-corrected chi connectivity index (χ4v) is 4.83. The number of nitrogens with zero attached hydrogens (tertiary/aromatic N) is 4. The Morgan fingerprint density at radius 2 is 2.11 bits per heavy atom. The van der Waals surface area contributed by atoms with Crippen LogP contribution in [0.15, 0.2) is 16.9 Å². The highest BCUT2D eigenvalue weighted by molar-refractivity contribution is 7.17. The van der Waals surface area contributed by atoms with Crippen LogP contribution in [0.5, 0.6) is 0 Å². The largest absolute Gasteiger partial charge is 0.433 e. The molecule has 4 rings (SSSR count). The molecule has 1 aliphatic carbocycles. The summed E-state index contributed by atoms with van der Waals surface area (Å²) in [5.41, 5.74) is -0.0332. The number of rotatable bonds is 4. The van der Waals surface area contributed by atoms with E-state index in [2.05, 4.69) is 17.0 Å². The first-order chi connectivity index (χ1) is 12.7. The molecule has 0 N–H and O–H groups in total. The van der Waals surface area contributed by atoms with E-state index in [4.69, 9.17) is 11.6 Å². The molecule has 10 heteroatoms. The van der Waals surface area contributed by atoms with Crippen LogP contribution >= 0.6 is 22.9 Å². The fraction of sp³-hybridized carbons (Fsp3) is 0.471. The van der Waals surface area contributed by atoms with E-state index >= 15 is 0 Å². The first-order valence-electron chi connectivity index (χ1n) is 8.51. The van der Waals surface area contributed by atoms with E-state index in [1.165, 1.54) is 17.4 Å². The maximum atomic E-state index is 13.1.